The average molecular weight is 260 g/mol. The van der Waals surface area contributed by atoms with E-state index < -0.39 is 0 Å². The number of ether oxygens (including phenoxy) is 1. The van der Waals surface area contributed by atoms with Crippen LogP contribution in [0.2, 0.25) is 0 Å². The van der Waals surface area contributed by atoms with Gasteiger partial charge in [0, 0.05) is 31.6 Å². The fraction of sp³-hybridized carbons (Fsp3) is 0.571. The molecule has 102 valence electrons. The lowest BCUT2D eigenvalue weighted by Gasteiger charge is -2.28. The summed E-state index contributed by atoms with van der Waals surface area (Å²) in [6.07, 6.45) is 5.91. The summed E-state index contributed by atoms with van der Waals surface area (Å²) in [4.78, 5) is 4.45. The normalized spacial score (nSPS) is 18.6. The lowest BCUT2D eigenvalue weighted by atomic mass is 9.93. The van der Waals surface area contributed by atoms with Gasteiger partial charge in [-0.25, -0.2) is 9.50 Å². The van der Waals surface area contributed by atoms with Gasteiger partial charge < -0.3 is 10.1 Å². The topological polar surface area (TPSA) is 51.5 Å². The van der Waals surface area contributed by atoms with Crippen LogP contribution < -0.4 is 5.32 Å². The van der Waals surface area contributed by atoms with Gasteiger partial charge in [-0.3, -0.25) is 0 Å². The number of fused-ring (bicyclic) bond motifs is 1. The molecule has 19 heavy (non-hydrogen) atoms. The minimum atomic E-state index is 0.401. The Kier molecular flexibility index (Phi) is 3.38. The second-order valence-corrected chi connectivity index (χ2v) is 5.27. The Balaban J connectivity index is 1.80. The number of nitrogens with zero attached hydrogens (tertiary/aromatic N) is 3. The van der Waals surface area contributed by atoms with E-state index in [0.717, 1.165) is 43.1 Å². The van der Waals surface area contributed by atoms with Crippen LogP contribution in [-0.2, 0) is 4.74 Å². The molecule has 1 aliphatic heterocycles. The van der Waals surface area contributed by atoms with E-state index in [-0.39, 0.29) is 0 Å². The molecule has 5 nitrogen and oxygen atoms in total. The van der Waals surface area contributed by atoms with Crippen LogP contribution in [0, 0.1) is 12.8 Å². The number of aryl methyl sites for hydroxylation is 1. The van der Waals surface area contributed by atoms with Crippen LogP contribution >= 0.6 is 0 Å². The zero-order valence-electron chi connectivity index (χ0n) is 11.5. The smallest absolute Gasteiger partial charge is 0.152 e. The Morgan fingerprint density at radius 3 is 3.00 bits per heavy atom. The first kappa shape index (κ1) is 12.4. The summed E-state index contributed by atoms with van der Waals surface area (Å²) in [5.74, 6) is 1.57. The molecule has 1 unspecified atom stereocenters. The van der Waals surface area contributed by atoms with E-state index in [2.05, 4.69) is 28.4 Å². The van der Waals surface area contributed by atoms with E-state index in [4.69, 9.17) is 4.74 Å². The van der Waals surface area contributed by atoms with Crippen LogP contribution in [0.5, 0.6) is 0 Å². The Labute approximate surface area is 113 Å². The molecule has 0 aliphatic carbocycles. The summed E-state index contributed by atoms with van der Waals surface area (Å²) in [6.45, 7) is 5.98. The highest BCUT2D eigenvalue weighted by Crippen LogP contribution is 2.23. The number of nitrogens with one attached hydrogen (secondary N) is 1. The third-order valence-corrected chi connectivity index (χ3v) is 3.85. The van der Waals surface area contributed by atoms with E-state index in [1.807, 2.05) is 17.6 Å². The summed E-state index contributed by atoms with van der Waals surface area (Å²) in [5, 5.41) is 7.95. The Hall–Kier alpha value is -1.62. The average Bonchev–Trinajstić information content (AvgIpc) is 2.81. The minimum absolute atomic E-state index is 0.401. The Morgan fingerprint density at radius 1 is 1.42 bits per heavy atom. The van der Waals surface area contributed by atoms with Crippen LogP contribution in [0.25, 0.3) is 5.52 Å². The molecule has 3 rings (SSSR count). The molecule has 0 aromatic carbocycles. The number of hydrogen-bond donors (Lipinski definition) is 1. The zero-order chi connectivity index (χ0) is 13.2. The third-order valence-electron chi connectivity index (χ3n) is 3.85. The SMILES string of the molecule is Cc1cc2c(NC(C)C3CCOCC3)nccn2n1. The second-order valence-electron chi connectivity index (χ2n) is 5.27. The van der Waals surface area contributed by atoms with Crippen LogP contribution in [0.15, 0.2) is 18.5 Å². The second kappa shape index (κ2) is 5.17. The molecule has 1 atom stereocenters. The molecule has 3 heterocycles. The molecule has 0 spiro atoms. The number of anilines is 1. The molecule has 2 aromatic heterocycles. The number of rotatable bonds is 3. The Morgan fingerprint density at radius 2 is 2.21 bits per heavy atom. The summed E-state index contributed by atoms with van der Waals surface area (Å²) >= 11 is 0. The monoisotopic (exact) mass is 260 g/mol. The molecule has 2 aromatic rings. The van der Waals surface area contributed by atoms with Crippen molar-refractivity contribution in [3.05, 3.63) is 24.2 Å². The van der Waals surface area contributed by atoms with Gasteiger partial charge in [0.05, 0.1) is 5.69 Å². The van der Waals surface area contributed by atoms with Gasteiger partial charge in [0.1, 0.15) is 5.52 Å². The van der Waals surface area contributed by atoms with Crippen LogP contribution in [0.3, 0.4) is 0 Å². The summed E-state index contributed by atoms with van der Waals surface area (Å²) in [6, 6.07) is 2.46. The van der Waals surface area contributed by atoms with E-state index >= 15 is 0 Å². The molecule has 5 heteroatoms. The van der Waals surface area contributed by atoms with E-state index in [1.54, 1.807) is 6.20 Å². The lowest BCUT2D eigenvalue weighted by Crippen LogP contribution is -2.31. The predicted molar refractivity (Wildman–Crippen MR) is 74.4 cm³/mol. The molecule has 1 N–H and O–H groups in total. The molecule has 1 saturated heterocycles. The van der Waals surface area contributed by atoms with Gasteiger partial charge in [-0.2, -0.15) is 5.10 Å². The van der Waals surface area contributed by atoms with E-state index in [0.29, 0.717) is 12.0 Å². The third kappa shape index (κ3) is 2.56. The van der Waals surface area contributed by atoms with Crippen molar-refractivity contribution in [1.29, 1.82) is 0 Å². The van der Waals surface area contributed by atoms with Crippen LogP contribution in [0.1, 0.15) is 25.5 Å². The van der Waals surface area contributed by atoms with Crippen molar-refractivity contribution >= 4 is 11.3 Å². The summed E-state index contributed by atoms with van der Waals surface area (Å²) in [7, 11) is 0. The molecular formula is C14H20N4O. The molecule has 0 saturated carbocycles. The van der Waals surface area contributed by atoms with Gasteiger partial charge >= 0.3 is 0 Å². The highest BCUT2D eigenvalue weighted by atomic mass is 16.5. The highest BCUT2D eigenvalue weighted by Gasteiger charge is 2.21. The largest absolute Gasteiger partial charge is 0.381 e. The first-order valence-corrected chi connectivity index (χ1v) is 6.89. The quantitative estimate of drug-likeness (QED) is 0.919. The first-order valence-electron chi connectivity index (χ1n) is 6.89. The van der Waals surface area contributed by atoms with Gasteiger partial charge in [0.15, 0.2) is 5.82 Å². The van der Waals surface area contributed by atoms with Gasteiger partial charge in [0.25, 0.3) is 0 Å². The van der Waals surface area contributed by atoms with Gasteiger partial charge in [-0.1, -0.05) is 0 Å². The predicted octanol–water partition coefficient (Wildman–Crippen LogP) is 2.26. The minimum Gasteiger partial charge on any atom is -0.381 e. The maximum atomic E-state index is 5.42. The van der Waals surface area contributed by atoms with Crippen LogP contribution in [-0.4, -0.2) is 33.9 Å². The lowest BCUT2D eigenvalue weighted by molar-refractivity contribution is 0.0622. The molecule has 1 aliphatic rings. The standard InChI is InChI=1S/C14H20N4O/c1-10-9-13-14(15-5-6-18(13)17-10)16-11(2)12-3-7-19-8-4-12/h5-6,9,11-12H,3-4,7-8H2,1-2H3,(H,15,16). The summed E-state index contributed by atoms with van der Waals surface area (Å²) < 4.78 is 7.29. The first-order chi connectivity index (χ1) is 9.24. The van der Waals surface area contributed by atoms with E-state index in [1.165, 1.54) is 0 Å². The van der Waals surface area contributed by atoms with Gasteiger partial charge in [-0.05, 0) is 38.7 Å². The van der Waals surface area contributed by atoms with Crippen molar-refractivity contribution < 1.29 is 4.74 Å². The molecular weight excluding hydrogens is 240 g/mol. The number of aromatic nitrogens is 3. The van der Waals surface area contributed by atoms with Gasteiger partial charge in [-0.15, -0.1) is 0 Å². The summed E-state index contributed by atoms with van der Waals surface area (Å²) in [5.41, 5.74) is 2.05. The van der Waals surface area contributed by atoms with Gasteiger partial charge in [0.2, 0.25) is 0 Å². The van der Waals surface area contributed by atoms with Crippen molar-refractivity contribution in [2.75, 3.05) is 18.5 Å². The van der Waals surface area contributed by atoms with Crippen molar-refractivity contribution in [2.24, 2.45) is 5.92 Å². The number of hydrogen-bond acceptors (Lipinski definition) is 4. The molecule has 1 fully saturated rings. The fourth-order valence-electron chi connectivity index (χ4n) is 2.70. The fourth-order valence-corrected chi connectivity index (χ4v) is 2.70. The molecule has 0 radical (unpaired) electrons. The van der Waals surface area contributed by atoms with Crippen LogP contribution in [0.4, 0.5) is 5.82 Å². The molecule has 0 bridgehead atoms. The van der Waals surface area contributed by atoms with Crippen molar-refractivity contribution in [3.8, 4) is 0 Å². The highest BCUT2D eigenvalue weighted by molar-refractivity contribution is 5.67. The van der Waals surface area contributed by atoms with Crippen molar-refractivity contribution in [2.45, 2.75) is 32.7 Å². The Bertz CT molecular complexity index is 560. The molecule has 0 amide bonds. The van der Waals surface area contributed by atoms with E-state index in [9.17, 15) is 0 Å². The van der Waals surface area contributed by atoms with Crippen molar-refractivity contribution in [3.63, 3.8) is 0 Å². The van der Waals surface area contributed by atoms with Crippen molar-refractivity contribution in [1.82, 2.24) is 14.6 Å². The maximum absolute atomic E-state index is 5.42. The maximum Gasteiger partial charge on any atom is 0.152 e. The zero-order valence-corrected chi connectivity index (χ0v) is 11.5.